The van der Waals surface area contributed by atoms with E-state index in [1.165, 1.54) is 6.42 Å². The number of hydrogen-bond acceptors (Lipinski definition) is 4. The zero-order valence-corrected chi connectivity index (χ0v) is 12.8. The third kappa shape index (κ3) is 3.24. The first-order valence-corrected chi connectivity index (χ1v) is 8.18. The lowest BCUT2D eigenvalue weighted by Gasteiger charge is -2.46. The number of hydrogen-bond donors (Lipinski definition) is 3. The quantitative estimate of drug-likeness (QED) is 0.634. The van der Waals surface area contributed by atoms with Gasteiger partial charge in [-0.2, -0.15) is 0 Å². The summed E-state index contributed by atoms with van der Waals surface area (Å²) in [6, 6.07) is -1.14. The summed E-state index contributed by atoms with van der Waals surface area (Å²) in [4.78, 5) is 37.6. The van der Waals surface area contributed by atoms with Crippen LogP contribution in [0.1, 0.15) is 38.5 Å². The fraction of sp³-hybridized carbons (Fsp3) is 0.800. The Bertz CT molecular complexity index is 468. The molecule has 122 valence electrons. The van der Waals surface area contributed by atoms with E-state index in [0.717, 1.165) is 45.4 Å². The second kappa shape index (κ2) is 6.24. The van der Waals surface area contributed by atoms with Crippen molar-refractivity contribution in [3.05, 3.63) is 0 Å². The maximum atomic E-state index is 12.7. The van der Waals surface area contributed by atoms with Crippen LogP contribution in [-0.2, 0) is 9.59 Å². The molecule has 3 aliphatic rings. The highest BCUT2D eigenvalue weighted by atomic mass is 16.2. The fourth-order valence-corrected chi connectivity index (χ4v) is 3.90. The first-order chi connectivity index (χ1) is 10.6. The third-order valence-electron chi connectivity index (χ3n) is 5.15. The van der Waals surface area contributed by atoms with Crippen molar-refractivity contribution in [2.45, 2.75) is 44.6 Å². The summed E-state index contributed by atoms with van der Waals surface area (Å²) < 4.78 is 0. The second-order valence-electron chi connectivity index (χ2n) is 6.73. The third-order valence-corrected chi connectivity index (χ3v) is 5.15. The highest BCUT2D eigenvalue weighted by Gasteiger charge is 2.40. The Kier molecular flexibility index (Phi) is 4.33. The van der Waals surface area contributed by atoms with Crippen LogP contribution in [0.15, 0.2) is 0 Å². The monoisotopic (exact) mass is 308 g/mol. The van der Waals surface area contributed by atoms with Crippen LogP contribution in [0.3, 0.4) is 0 Å². The Morgan fingerprint density at radius 3 is 2.73 bits per heavy atom. The van der Waals surface area contributed by atoms with Gasteiger partial charge < -0.3 is 15.5 Å². The number of amides is 4. The number of nitrogens with zero attached hydrogens (tertiary/aromatic N) is 1. The normalized spacial score (nSPS) is 28.7. The molecule has 1 spiro atoms. The molecule has 4 amide bonds. The van der Waals surface area contributed by atoms with Crippen LogP contribution in [0.5, 0.6) is 0 Å². The molecule has 0 aromatic heterocycles. The molecular weight excluding hydrogens is 284 g/mol. The minimum absolute atomic E-state index is 0.0394. The van der Waals surface area contributed by atoms with E-state index in [-0.39, 0.29) is 23.7 Å². The molecule has 0 radical (unpaired) electrons. The Hall–Kier alpha value is -1.63. The first kappa shape index (κ1) is 15.3. The summed E-state index contributed by atoms with van der Waals surface area (Å²) in [5, 5.41) is 8.22. The molecule has 3 aliphatic heterocycles. The smallest absolute Gasteiger partial charge is 0.322 e. The van der Waals surface area contributed by atoms with Crippen molar-refractivity contribution in [1.29, 1.82) is 0 Å². The first-order valence-electron chi connectivity index (χ1n) is 8.18. The van der Waals surface area contributed by atoms with Crippen molar-refractivity contribution in [2.75, 3.05) is 26.2 Å². The van der Waals surface area contributed by atoms with Gasteiger partial charge >= 0.3 is 6.03 Å². The van der Waals surface area contributed by atoms with Crippen LogP contribution < -0.4 is 16.0 Å². The molecule has 3 heterocycles. The molecule has 0 saturated carbocycles. The maximum Gasteiger partial charge on any atom is 0.322 e. The van der Waals surface area contributed by atoms with Crippen LogP contribution in [0, 0.1) is 5.41 Å². The van der Waals surface area contributed by atoms with Crippen molar-refractivity contribution in [3.63, 3.8) is 0 Å². The molecular formula is C15H24N4O3. The zero-order chi connectivity index (χ0) is 15.6. The fourth-order valence-electron chi connectivity index (χ4n) is 3.90. The SMILES string of the molecule is O=C1CC[C@H](C(=O)N2CCCC3(CCNCC3)C2)NC(=O)N1. The van der Waals surface area contributed by atoms with Gasteiger partial charge in [0, 0.05) is 19.5 Å². The highest BCUT2D eigenvalue weighted by Crippen LogP contribution is 2.38. The molecule has 0 bridgehead atoms. The predicted molar refractivity (Wildman–Crippen MR) is 80.0 cm³/mol. The van der Waals surface area contributed by atoms with E-state index in [1.807, 2.05) is 4.90 Å². The number of rotatable bonds is 1. The van der Waals surface area contributed by atoms with Crippen LogP contribution >= 0.6 is 0 Å². The van der Waals surface area contributed by atoms with E-state index in [4.69, 9.17) is 0 Å². The Morgan fingerprint density at radius 2 is 1.95 bits per heavy atom. The minimum Gasteiger partial charge on any atom is -0.340 e. The number of imide groups is 1. The summed E-state index contributed by atoms with van der Waals surface area (Å²) in [6.07, 6.45) is 4.99. The van der Waals surface area contributed by atoms with Gasteiger partial charge in [0.15, 0.2) is 0 Å². The van der Waals surface area contributed by atoms with Crippen LogP contribution in [0.25, 0.3) is 0 Å². The van der Waals surface area contributed by atoms with Crippen LogP contribution in [0.4, 0.5) is 4.79 Å². The van der Waals surface area contributed by atoms with Gasteiger partial charge in [-0.1, -0.05) is 0 Å². The van der Waals surface area contributed by atoms with Crippen LogP contribution in [0.2, 0.25) is 0 Å². The van der Waals surface area contributed by atoms with Gasteiger partial charge in [0.1, 0.15) is 6.04 Å². The predicted octanol–water partition coefficient (Wildman–Crippen LogP) is -0.0332. The summed E-state index contributed by atoms with van der Waals surface area (Å²) in [5.41, 5.74) is 0.238. The lowest BCUT2D eigenvalue weighted by Crippen LogP contribution is -2.55. The number of carbonyl (C=O) groups is 3. The zero-order valence-electron chi connectivity index (χ0n) is 12.8. The van der Waals surface area contributed by atoms with E-state index >= 15 is 0 Å². The Labute approximate surface area is 130 Å². The Balaban J connectivity index is 1.66. The van der Waals surface area contributed by atoms with Gasteiger partial charge in [0.2, 0.25) is 11.8 Å². The Morgan fingerprint density at radius 1 is 1.18 bits per heavy atom. The summed E-state index contributed by atoms with van der Waals surface area (Å²) in [7, 11) is 0. The largest absolute Gasteiger partial charge is 0.340 e. The molecule has 0 aromatic carbocycles. The molecule has 0 aliphatic carbocycles. The topological polar surface area (TPSA) is 90.5 Å². The molecule has 7 heteroatoms. The van der Waals surface area contributed by atoms with E-state index in [0.29, 0.717) is 6.42 Å². The number of urea groups is 1. The standard InChI is InChI=1S/C15H24N4O3/c20-12-3-2-11(17-14(22)18-12)13(21)19-9-1-4-15(10-19)5-7-16-8-6-15/h11,16H,1-10H2,(H2,17,18,20,22)/t11-/m1/s1. The average Bonchev–Trinajstić information content (AvgIpc) is 2.68. The van der Waals surface area contributed by atoms with Crippen molar-refractivity contribution in [2.24, 2.45) is 5.41 Å². The number of likely N-dealkylation sites (tertiary alicyclic amines) is 1. The molecule has 3 saturated heterocycles. The van der Waals surface area contributed by atoms with E-state index in [2.05, 4.69) is 16.0 Å². The molecule has 7 nitrogen and oxygen atoms in total. The van der Waals surface area contributed by atoms with Gasteiger partial charge in [-0.25, -0.2) is 4.79 Å². The lowest BCUT2D eigenvalue weighted by molar-refractivity contribution is -0.137. The lowest BCUT2D eigenvalue weighted by atomic mass is 9.73. The highest BCUT2D eigenvalue weighted by molar-refractivity contribution is 5.98. The molecule has 3 fully saturated rings. The molecule has 3 rings (SSSR count). The van der Waals surface area contributed by atoms with Crippen LogP contribution in [-0.4, -0.2) is 55.0 Å². The molecule has 0 aromatic rings. The maximum absolute atomic E-state index is 12.7. The molecule has 22 heavy (non-hydrogen) atoms. The van der Waals surface area contributed by atoms with Gasteiger partial charge in [0.05, 0.1) is 0 Å². The van der Waals surface area contributed by atoms with Crippen molar-refractivity contribution < 1.29 is 14.4 Å². The van der Waals surface area contributed by atoms with Gasteiger partial charge in [-0.15, -0.1) is 0 Å². The summed E-state index contributed by atoms with van der Waals surface area (Å²) in [5.74, 6) is -0.358. The van der Waals surface area contributed by atoms with Gasteiger partial charge in [-0.3, -0.25) is 14.9 Å². The summed E-state index contributed by atoms with van der Waals surface area (Å²) in [6.45, 7) is 3.56. The van der Waals surface area contributed by atoms with Gasteiger partial charge in [-0.05, 0) is 50.6 Å². The molecule has 1 atom stereocenters. The summed E-state index contributed by atoms with van der Waals surface area (Å²) >= 11 is 0. The number of carbonyl (C=O) groups excluding carboxylic acids is 3. The number of piperidine rings is 2. The van der Waals surface area contributed by atoms with E-state index < -0.39 is 12.1 Å². The molecule has 3 N–H and O–H groups in total. The number of nitrogens with one attached hydrogen (secondary N) is 3. The molecule has 0 unspecified atom stereocenters. The van der Waals surface area contributed by atoms with Crippen molar-refractivity contribution in [3.8, 4) is 0 Å². The van der Waals surface area contributed by atoms with E-state index in [9.17, 15) is 14.4 Å². The van der Waals surface area contributed by atoms with E-state index in [1.54, 1.807) is 0 Å². The minimum atomic E-state index is -0.580. The van der Waals surface area contributed by atoms with Crippen molar-refractivity contribution in [1.82, 2.24) is 20.9 Å². The average molecular weight is 308 g/mol. The second-order valence-corrected chi connectivity index (χ2v) is 6.73. The van der Waals surface area contributed by atoms with Crippen molar-refractivity contribution >= 4 is 17.8 Å². The van der Waals surface area contributed by atoms with Gasteiger partial charge in [0.25, 0.3) is 0 Å².